The lowest BCUT2D eigenvalue weighted by molar-refractivity contribution is -0.167. The molecular formula is C73H130O6. The van der Waals surface area contributed by atoms with Gasteiger partial charge in [-0.05, 0) is 116 Å². The third-order valence-electron chi connectivity index (χ3n) is 15.2. The maximum absolute atomic E-state index is 12.9. The number of esters is 3. The first kappa shape index (κ1) is 75.8. The highest BCUT2D eigenvalue weighted by atomic mass is 16.6. The highest BCUT2D eigenvalue weighted by Gasteiger charge is 2.19. The number of rotatable bonds is 63. The van der Waals surface area contributed by atoms with Crippen molar-refractivity contribution in [3.05, 3.63) is 72.9 Å². The zero-order chi connectivity index (χ0) is 57.1. The highest BCUT2D eigenvalue weighted by molar-refractivity contribution is 5.71. The maximum Gasteiger partial charge on any atom is 0.306 e. The van der Waals surface area contributed by atoms with E-state index in [9.17, 15) is 14.4 Å². The molecule has 0 rings (SSSR count). The third-order valence-corrected chi connectivity index (χ3v) is 15.2. The Morgan fingerprint density at radius 2 is 0.456 bits per heavy atom. The van der Waals surface area contributed by atoms with Crippen molar-refractivity contribution in [3.63, 3.8) is 0 Å². The molecule has 0 bridgehead atoms. The molecule has 0 spiro atoms. The molecule has 0 aromatic carbocycles. The Kier molecular flexibility index (Phi) is 64.7. The number of carbonyl (C=O) groups excluding carboxylic acids is 3. The van der Waals surface area contributed by atoms with Gasteiger partial charge in [0.05, 0.1) is 0 Å². The highest BCUT2D eigenvalue weighted by Crippen LogP contribution is 2.17. The van der Waals surface area contributed by atoms with Crippen LogP contribution in [0.25, 0.3) is 0 Å². The summed E-state index contributed by atoms with van der Waals surface area (Å²) in [5, 5.41) is 0. The Hall–Kier alpha value is -3.15. The van der Waals surface area contributed by atoms with Gasteiger partial charge in [0.25, 0.3) is 0 Å². The summed E-state index contributed by atoms with van der Waals surface area (Å²) in [6.07, 6.45) is 87.8. The van der Waals surface area contributed by atoms with Crippen LogP contribution in [0.4, 0.5) is 0 Å². The van der Waals surface area contributed by atoms with Gasteiger partial charge in [-0.15, -0.1) is 0 Å². The van der Waals surface area contributed by atoms with E-state index in [0.29, 0.717) is 19.3 Å². The molecule has 0 N–H and O–H groups in total. The lowest BCUT2D eigenvalue weighted by Crippen LogP contribution is -2.30. The smallest absolute Gasteiger partial charge is 0.306 e. The normalized spacial score (nSPS) is 12.5. The molecule has 0 aromatic heterocycles. The topological polar surface area (TPSA) is 78.9 Å². The van der Waals surface area contributed by atoms with Crippen molar-refractivity contribution >= 4 is 17.9 Å². The van der Waals surface area contributed by atoms with Gasteiger partial charge >= 0.3 is 17.9 Å². The van der Waals surface area contributed by atoms with Crippen LogP contribution in [0, 0.1) is 0 Å². The predicted octanol–water partition coefficient (Wildman–Crippen LogP) is 23.7. The Labute approximate surface area is 491 Å². The maximum atomic E-state index is 12.9. The average molecular weight is 1100 g/mol. The number of hydrogen-bond donors (Lipinski definition) is 0. The molecule has 0 heterocycles. The summed E-state index contributed by atoms with van der Waals surface area (Å²) < 4.78 is 17.0. The predicted molar refractivity (Wildman–Crippen MR) is 344 cm³/mol. The molecule has 458 valence electrons. The van der Waals surface area contributed by atoms with Gasteiger partial charge in [-0.2, -0.15) is 0 Å². The quantitative estimate of drug-likeness (QED) is 0.0261. The molecule has 0 fully saturated rings. The van der Waals surface area contributed by atoms with E-state index in [1.54, 1.807) is 0 Å². The molecule has 79 heavy (non-hydrogen) atoms. The van der Waals surface area contributed by atoms with E-state index in [0.717, 1.165) is 83.5 Å². The summed E-state index contributed by atoms with van der Waals surface area (Å²) in [7, 11) is 0. The number of hydrogen-bond acceptors (Lipinski definition) is 6. The lowest BCUT2D eigenvalue weighted by atomic mass is 10.0. The van der Waals surface area contributed by atoms with E-state index in [2.05, 4.69) is 93.7 Å². The number of carbonyl (C=O) groups is 3. The molecule has 0 radical (unpaired) electrons. The van der Waals surface area contributed by atoms with E-state index < -0.39 is 6.10 Å². The molecule has 0 aliphatic rings. The molecule has 6 heteroatoms. The van der Waals surface area contributed by atoms with Gasteiger partial charge in [0, 0.05) is 19.3 Å². The molecule has 0 amide bonds. The van der Waals surface area contributed by atoms with Crippen molar-refractivity contribution in [2.75, 3.05) is 13.2 Å². The van der Waals surface area contributed by atoms with Crippen LogP contribution in [0.2, 0.25) is 0 Å². The van der Waals surface area contributed by atoms with E-state index in [1.807, 2.05) is 0 Å². The summed E-state index contributed by atoms with van der Waals surface area (Å²) in [6, 6.07) is 0. The summed E-state index contributed by atoms with van der Waals surface area (Å²) in [6.45, 7) is 6.62. The minimum atomic E-state index is -0.782. The van der Waals surface area contributed by atoms with Gasteiger partial charge in [-0.1, -0.05) is 293 Å². The average Bonchev–Trinajstić information content (AvgIpc) is 3.45. The van der Waals surface area contributed by atoms with E-state index in [4.69, 9.17) is 14.2 Å². The first-order chi connectivity index (χ1) is 39.0. The van der Waals surface area contributed by atoms with Crippen molar-refractivity contribution in [1.29, 1.82) is 0 Å². The standard InChI is InChI=1S/C73H130O6/c1-4-7-10-13-16-19-22-25-27-29-31-32-33-34-35-36-37-38-39-40-42-43-45-48-51-54-57-60-63-66-72(75)78-69-70(68-77-71(74)65-62-59-56-53-50-47-24-21-18-15-12-9-6-3)79-73(76)67-64-61-58-55-52-49-46-44-41-30-28-26-23-20-17-14-11-8-5-2/h17,20-22,24-26,28-29,31,33-34,70H,4-16,18-19,23,27,30,32,35-69H2,1-3H3/b20-17-,24-21-,25-22-,28-26-,31-29-,34-33-. The fraction of sp³-hybridized carbons (Fsp3) is 0.795. The first-order valence-corrected chi connectivity index (χ1v) is 34.4. The van der Waals surface area contributed by atoms with Crippen molar-refractivity contribution in [1.82, 2.24) is 0 Å². The summed E-state index contributed by atoms with van der Waals surface area (Å²) in [5.41, 5.74) is 0. The van der Waals surface area contributed by atoms with Crippen molar-refractivity contribution < 1.29 is 28.6 Å². The molecule has 0 aromatic rings. The molecule has 1 unspecified atom stereocenters. The van der Waals surface area contributed by atoms with Crippen LogP contribution in [0.1, 0.15) is 355 Å². The van der Waals surface area contributed by atoms with Crippen LogP contribution >= 0.6 is 0 Å². The lowest BCUT2D eigenvalue weighted by Gasteiger charge is -2.18. The largest absolute Gasteiger partial charge is 0.462 e. The van der Waals surface area contributed by atoms with Gasteiger partial charge in [0.1, 0.15) is 13.2 Å². The van der Waals surface area contributed by atoms with Gasteiger partial charge in [0.15, 0.2) is 6.10 Å². The summed E-state index contributed by atoms with van der Waals surface area (Å²) in [4.78, 5) is 38.4. The Balaban J connectivity index is 4.24. The van der Waals surface area contributed by atoms with Crippen LogP contribution in [0.5, 0.6) is 0 Å². The zero-order valence-electron chi connectivity index (χ0n) is 52.6. The van der Waals surface area contributed by atoms with Crippen LogP contribution in [-0.2, 0) is 28.6 Å². The minimum Gasteiger partial charge on any atom is -0.462 e. The molecule has 0 aliphatic carbocycles. The van der Waals surface area contributed by atoms with Gasteiger partial charge in [-0.25, -0.2) is 0 Å². The molecule has 1 atom stereocenters. The van der Waals surface area contributed by atoms with Crippen molar-refractivity contribution in [2.45, 2.75) is 361 Å². The molecular weight excluding hydrogens is 973 g/mol. The Morgan fingerprint density at radius 1 is 0.253 bits per heavy atom. The summed E-state index contributed by atoms with van der Waals surface area (Å²) >= 11 is 0. The van der Waals surface area contributed by atoms with Crippen molar-refractivity contribution in [2.24, 2.45) is 0 Å². The SMILES string of the molecule is CCCCC/C=C\C/C=C\CCCCCCCCCCCC(=O)OC(COC(=O)CCCCCCC/C=C\CCCCCC)COC(=O)CCCCCCCCCCCCCCCC/C=C\C/C=C\C/C=C\CCCCCCC. The van der Waals surface area contributed by atoms with E-state index in [1.165, 1.54) is 231 Å². The zero-order valence-corrected chi connectivity index (χ0v) is 52.6. The van der Waals surface area contributed by atoms with E-state index in [-0.39, 0.29) is 31.1 Å². The first-order valence-electron chi connectivity index (χ1n) is 34.4. The van der Waals surface area contributed by atoms with E-state index >= 15 is 0 Å². The number of allylic oxidation sites excluding steroid dienone is 12. The third kappa shape index (κ3) is 65.5. The molecule has 0 saturated carbocycles. The second-order valence-electron chi connectivity index (χ2n) is 23.1. The number of unbranched alkanes of at least 4 members (excludes halogenated alkanes) is 40. The second kappa shape index (κ2) is 67.4. The van der Waals surface area contributed by atoms with Gasteiger partial charge in [-0.3, -0.25) is 14.4 Å². The monoisotopic (exact) mass is 1100 g/mol. The second-order valence-corrected chi connectivity index (χ2v) is 23.1. The van der Waals surface area contributed by atoms with Gasteiger partial charge in [0.2, 0.25) is 0 Å². The fourth-order valence-electron chi connectivity index (χ4n) is 9.95. The van der Waals surface area contributed by atoms with Crippen molar-refractivity contribution in [3.8, 4) is 0 Å². The molecule has 0 aliphatic heterocycles. The van der Waals surface area contributed by atoms with Crippen LogP contribution < -0.4 is 0 Å². The number of ether oxygens (including phenoxy) is 3. The van der Waals surface area contributed by atoms with Crippen LogP contribution in [0.3, 0.4) is 0 Å². The Bertz CT molecular complexity index is 1450. The Morgan fingerprint density at radius 3 is 0.759 bits per heavy atom. The molecule has 0 saturated heterocycles. The van der Waals surface area contributed by atoms with Crippen LogP contribution in [0.15, 0.2) is 72.9 Å². The van der Waals surface area contributed by atoms with Gasteiger partial charge < -0.3 is 14.2 Å². The molecule has 6 nitrogen and oxygen atoms in total. The summed E-state index contributed by atoms with van der Waals surface area (Å²) in [5.74, 6) is -0.874. The minimum absolute atomic E-state index is 0.0776. The van der Waals surface area contributed by atoms with Crippen LogP contribution in [-0.4, -0.2) is 37.2 Å². The fourth-order valence-corrected chi connectivity index (χ4v) is 9.95.